The second-order valence-electron chi connectivity index (χ2n) is 8.60. The SMILES string of the molecule is C(#CC1=CCC2(CC1)OCCO2)CN(C1CCCCC1)C1CCCCC1. The van der Waals surface area contributed by atoms with Crippen LogP contribution >= 0.6 is 0 Å². The van der Waals surface area contributed by atoms with Gasteiger partial charge in [0.25, 0.3) is 0 Å². The quantitative estimate of drug-likeness (QED) is 0.677. The minimum atomic E-state index is -0.318. The predicted molar refractivity (Wildman–Crippen MR) is 105 cm³/mol. The topological polar surface area (TPSA) is 21.7 Å². The highest BCUT2D eigenvalue weighted by atomic mass is 16.7. The lowest BCUT2D eigenvalue weighted by atomic mass is 9.88. The van der Waals surface area contributed by atoms with E-state index in [1.54, 1.807) is 0 Å². The summed E-state index contributed by atoms with van der Waals surface area (Å²) in [5, 5.41) is 0. The second kappa shape index (κ2) is 8.91. The van der Waals surface area contributed by atoms with Crippen LogP contribution in [0.5, 0.6) is 0 Å². The fraction of sp³-hybridized carbons (Fsp3) is 0.826. The minimum Gasteiger partial charge on any atom is -0.347 e. The lowest BCUT2D eigenvalue weighted by Gasteiger charge is -2.40. The van der Waals surface area contributed by atoms with Gasteiger partial charge in [0, 0.05) is 24.9 Å². The maximum Gasteiger partial charge on any atom is 0.172 e. The Morgan fingerprint density at radius 1 is 0.923 bits per heavy atom. The summed E-state index contributed by atoms with van der Waals surface area (Å²) in [4.78, 5) is 2.79. The summed E-state index contributed by atoms with van der Waals surface area (Å²) >= 11 is 0. The number of allylic oxidation sites excluding steroid dienone is 1. The van der Waals surface area contributed by atoms with E-state index in [0.29, 0.717) is 0 Å². The van der Waals surface area contributed by atoms with E-state index < -0.39 is 0 Å². The third-order valence-corrected chi connectivity index (χ3v) is 6.85. The smallest absolute Gasteiger partial charge is 0.172 e. The number of hydrogen-bond donors (Lipinski definition) is 0. The van der Waals surface area contributed by atoms with E-state index in [4.69, 9.17) is 9.47 Å². The molecule has 2 saturated carbocycles. The summed E-state index contributed by atoms with van der Waals surface area (Å²) in [5.74, 6) is 6.73. The first-order chi connectivity index (χ1) is 12.8. The molecule has 0 aromatic heterocycles. The maximum absolute atomic E-state index is 5.81. The standard InChI is InChI=1S/C23H35NO2/c1-3-9-21(10-4-1)24(22-11-5-2-6-12-22)17-7-8-20-13-15-23(16-14-20)25-18-19-26-23/h13,21-22H,1-6,9-12,14-19H2. The van der Waals surface area contributed by atoms with Crippen LogP contribution in [0.4, 0.5) is 0 Å². The summed E-state index contributed by atoms with van der Waals surface area (Å²) < 4.78 is 11.6. The van der Waals surface area contributed by atoms with Crippen molar-refractivity contribution in [2.75, 3.05) is 19.8 Å². The molecule has 0 atom stereocenters. The van der Waals surface area contributed by atoms with Crippen molar-refractivity contribution in [2.24, 2.45) is 0 Å². The molecular weight excluding hydrogens is 322 g/mol. The van der Waals surface area contributed by atoms with Crippen LogP contribution in [0.1, 0.15) is 83.5 Å². The molecule has 3 fully saturated rings. The Hall–Kier alpha value is -0.820. The second-order valence-corrected chi connectivity index (χ2v) is 8.60. The number of nitrogens with zero attached hydrogens (tertiary/aromatic N) is 1. The monoisotopic (exact) mass is 357 g/mol. The molecule has 3 aliphatic carbocycles. The molecule has 0 bridgehead atoms. The Bertz CT molecular complexity index is 522. The van der Waals surface area contributed by atoms with Crippen molar-refractivity contribution in [3.63, 3.8) is 0 Å². The highest BCUT2D eigenvalue weighted by molar-refractivity contribution is 5.31. The van der Waals surface area contributed by atoms with Crippen molar-refractivity contribution in [1.82, 2.24) is 4.90 Å². The number of hydrogen-bond acceptors (Lipinski definition) is 3. The molecule has 0 amide bonds. The van der Waals surface area contributed by atoms with Crippen molar-refractivity contribution in [3.8, 4) is 11.8 Å². The van der Waals surface area contributed by atoms with Gasteiger partial charge in [-0.25, -0.2) is 0 Å². The van der Waals surface area contributed by atoms with Gasteiger partial charge in [-0.3, -0.25) is 4.90 Å². The van der Waals surface area contributed by atoms with Crippen molar-refractivity contribution in [1.29, 1.82) is 0 Å². The zero-order chi connectivity index (χ0) is 17.7. The molecule has 4 aliphatic rings. The fourth-order valence-corrected chi connectivity index (χ4v) is 5.31. The van der Waals surface area contributed by atoms with Crippen LogP contribution in [0.25, 0.3) is 0 Å². The van der Waals surface area contributed by atoms with Gasteiger partial charge in [0.15, 0.2) is 5.79 Å². The summed E-state index contributed by atoms with van der Waals surface area (Å²) in [6.45, 7) is 2.45. The van der Waals surface area contributed by atoms with Crippen LogP contribution < -0.4 is 0 Å². The van der Waals surface area contributed by atoms with Gasteiger partial charge in [0.05, 0.1) is 19.8 Å². The van der Waals surface area contributed by atoms with Crippen molar-refractivity contribution in [2.45, 2.75) is 101 Å². The summed E-state index contributed by atoms with van der Waals surface area (Å²) in [7, 11) is 0. The van der Waals surface area contributed by atoms with E-state index in [1.807, 2.05) is 0 Å². The lowest BCUT2D eigenvalue weighted by Crippen LogP contribution is -2.45. The van der Waals surface area contributed by atoms with E-state index >= 15 is 0 Å². The van der Waals surface area contributed by atoms with E-state index in [2.05, 4.69) is 22.8 Å². The van der Waals surface area contributed by atoms with Crippen molar-refractivity contribution < 1.29 is 9.47 Å². The first kappa shape index (κ1) is 18.5. The van der Waals surface area contributed by atoms with Crippen LogP contribution in [0.2, 0.25) is 0 Å². The van der Waals surface area contributed by atoms with Crippen LogP contribution in [0.3, 0.4) is 0 Å². The van der Waals surface area contributed by atoms with Crippen molar-refractivity contribution in [3.05, 3.63) is 11.6 Å². The molecule has 1 saturated heterocycles. The van der Waals surface area contributed by atoms with Gasteiger partial charge < -0.3 is 9.47 Å². The van der Waals surface area contributed by atoms with Gasteiger partial charge >= 0.3 is 0 Å². The van der Waals surface area contributed by atoms with Gasteiger partial charge in [0.2, 0.25) is 0 Å². The van der Waals surface area contributed by atoms with Crippen molar-refractivity contribution >= 4 is 0 Å². The summed E-state index contributed by atoms with van der Waals surface area (Å²) in [6, 6.07) is 1.56. The largest absolute Gasteiger partial charge is 0.347 e. The van der Waals surface area contributed by atoms with E-state index in [9.17, 15) is 0 Å². The zero-order valence-electron chi connectivity index (χ0n) is 16.3. The van der Waals surface area contributed by atoms with Crippen LogP contribution in [0.15, 0.2) is 11.6 Å². The predicted octanol–water partition coefficient (Wildman–Crippen LogP) is 4.81. The highest BCUT2D eigenvalue weighted by Gasteiger charge is 2.37. The van der Waals surface area contributed by atoms with Crippen LogP contribution in [0, 0.1) is 11.8 Å². The first-order valence-electron chi connectivity index (χ1n) is 11.1. The van der Waals surface area contributed by atoms with Gasteiger partial charge in [-0.05, 0) is 37.7 Å². The molecule has 3 nitrogen and oxygen atoms in total. The van der Waals surface area contributed by atoms with E-state index in [0.717, 1.165) is 51.1 Å². The molecule has 4 rings (SSSR count). The molecule has 0 aromatic carbocycles. The fourth-order valence-electron chi connectivity index (χ4n) is 5.31. The molecule has 1 aliphatic heterocycles. The average molecular weight is 358 g/mol. The molecule has 26 heavy (non-hydrogen) atoms. The van der Waals surface area contributed by atoms with Gasteiger partial charge in [-0.2, -0.15) is 0 Å². The Kier molecular flexibility index (Phi) is 6.36. The van der Waals surface area contributed by atoms with Gasteiger partial charge in [-0.1, -0.05) is 56.4 Å². The summed E-state index contributed by atoms with van der Waals surface area (Å²) in [5.41, 5.74) is 1.29. The molecule has 0 aromatic rings. The Balaban J connectivity index is 1.37. The molecule has 0 radical (unpaired) electrons. The van der Waals surface area contributed by atoms with Crippen LogP contribution in [-0.4, -0.2) is 42.5 Å². The Labute approximate surface area is 159 Å². The maximum atomic E-state index is 5.81. The molecule has 144 valence electrons. The molecule has 1 heterocycles. The van der Waals surface area contributed by atoms with E-state index in [1.165, 1.54) is 69.8 Å². The third kappa shape index (κ3) is 4.53. The minimum absolute atomic E-state index is 0.318. The molecule has 3 heteroatoms. The Morgan fingerprint density at radius 3 is 2.08 bits per heavy atom. The number of rotatable bonds is 3. The molecular formula is C23H35NO2. The first-order valence-corrected chi connectivity index (χ1v) is 11.1. The highest BCUT2D eigenvalue weighted by Crippen LogP contribution is 2.35. The summed E-state index contributed by atoms with van der Waals surface area (Å²) in [6.07, 6.45) is 19.1. The Morgan fingerprint density at radius 2 is 1.54 bits per heavy atom. The third-order valence-electron chi connectivity index (χ3n) is 6.85. The van der Waals surface area contributed by atoms with Gasteiger partial charge in [0.1, 0.15) is 0 Å². The molecule has 0 unspecified atom stereocenters. The van der Waals surface area contributed by atoms with Gasteiger partial charge in [-0.15, -0.1) is 0 Å². The molecule has 1 spiro atoms. The zero-order valence-corrected chi connectivity index (χ0v) is 16.3. The average Bonchev–Trinajstić information content (AvgIpc) is 3.16. The van der Waals surface area contributed by atoms with Crippen LogP contribution in [-0.2, 0) is 9.47 Å². The molecule has 0 N–H and O–H groups in total. The lowest BCUT2D eigenvalue weighted by molar-refractivity contribution is -0.161. The number of ether oxygens (including phenoxy) is 2. The van der Waals surface area contributed by atoms with E-state index in [-0.39, 0.29) is 5.79 Å². The normalized spacial score (nSPS) is 27.3.